The van der Waals surface area contributed by atoms with Gasteiger partial charge in [0, 0.05) is 5.56 Å². The highest BCUT2D eigenvalue weighted by atomic mass is 16.2. The third-order valence-electron chi connectivity index (χ3n) is 6.11. The maximum absolute atomic E-state index is 12.8. The van der Waals surface area contributed by atoms with Gasteiger partial charge in [0.15, 0.2) is 0 Å². The van der Waals surface area contributed by atoms with Crippen LogP contribution in [0.5, 0.6) is 0 Å². The minimum Gasteiger partial charge on any atom is -0.322 e. The average Bonchev–Trinajstić information content (AvgIpc) is 2.88. The molecule has 1 saturated carbocycles. The summed E-state index contributed by atoms with van der Waals surface area (Å²) < 4.78 is 0. The molecule has 1 aromatic carbocycles. The SMILES string of the molecule is CC1CCC2(CC1)NC(=O)N(NC(=O)c1ccc3c(c1)CCCC3)C2=O. The number of benzene rings is 1. The van der Waals surface area contributed by atoms with E-state index in [1.54, 1.807) is 6.07 Å². The molecule has 0 bridgehead atoms. The second kappa shape index (κ2) is 6.41. The third kappa shape index (κ3) is 2.87. The van der Waals surface area contributed by atoms with Crippen LogP contribution in [0.15, 0.2) is 18.2 Å². The van der Waals surface area contributed by atoms with Gasteiger partial charge in [0.1, 0.15) is 5.54 Å². The van der Waals surface area contributed by atoms with E-state index >= 15 is 0 Å². The van der Waals surface area contributed by atoms with Gasteiger partial charge < -0.3 is 5.32 Å². The molecular weight excluding hydrogens is 330 g/mol. The van der Waals surface area contributed by atoms with E-state index in [1.165, 1.54) is 17.5 Å². The molecule has 2 aliphatic carbocycles. The first-order valence-electron chi connectivity index (χ1n) is 9.58. The molecule has 138 valence electrons. The number of urea groups is 1. The molecule has 2 N–H and O–H groups in total. The molecule has 4 amide bonds. The molecule has 0 radical (unpaired) electrons. The highest BCUT2D eigenvalue weighted by Gasteiger charge is 2.52. The number of nitrogens with one attached hydrogen (secondary N) is 2. The summed E-state index contributed by atoms with van der Waals surface area (Å²) in [5.41, 5.74) is 4.65. The minimum atomic E-state index is -0.841. The fourth-order valence-corrected chi connectivity index (χ4v) is 4.36. The molecule has 26 heavy (non-hydrogen) atoms. The molecule has 0 aromatic heterocycles. The topological polar surface area (TPSA) is 78.5 Å². The molecule has 1 spiro atoms. The molecule has 1 heterocycles. The van der Waals surface area contributed by atoms with E-state index in [0.29, 0.717) is 24.3 Å². The summed E-state index contributed by atoms with van der Waals surface area (Å²) in [5, 5.41) is 3.69. The Hall–Kier alpha value is -2.37. The predicted octanol–water partition coefficient (Wildman–Crippen LogP) is 2.71. The monoisotopic (exact) mass is 355 g/mol. The number of fused-ring (bicyclic) bond motifs is 1. The maximum atomic E-state index is 12.8. The van der Waals surface area contributed by atoms with Gasteiger partial charge in [-0.1, -0.05) is 13.0 Å². The lowest BCUT2D eigenvalue weighted by Gasteiger charge is -2.33. The highest BCUT2D eigenvalue weighted by molar-refractivity contribution is 6.09. The molecule has 6 heteroatoms. The standard InChI is InChI=1S/C20H25N3O3/c1-13-8-10-20(11-9-13)18(25)23(19(26)21-20)22-17(24)16-7-6-14-4-2-3-5-15(14)12-16/h6-7,12-13H,2-5,8-11H2,1H3,(H,21,26)(H,22,24). The van der Waals surface area contributed by atoms with Crippen molar-refractivity contribution in [1.82, 2.24) is 15.8 Å². The second-order valence-electron chi connectivity index (χ2n) is 7.97. The van der Waals surface area contributed by atoms with Gasteiger partial charge in [-0.3, -0.25) is 15.0 Å². The summed E-state index contributed by atoms with van der Waals surface area (Å²) in [6.45, 7) is 2.16. The molecule has 6 nitrogen and oxygen atoms in total. The number of carbonyl (C=O) groups excluding carboxylic acids is 3. The van der Waals surface area contributed by atoms with Crippen LogP contribution < -0.4 is 10.7 Å². The highest BCUT2D eigenvalue weighted by Crippen LogP contribution is 2.35. The fourth-order valence-electron chi connectivity index (χ4n) is 4.36. The van der Waals surface area contributed by atoms with E-state index in [4.69, 9.17) is 0 Å². The lowest BCUT2D eigenvalue weighted by Crippen LogP contribution is -2.51. The normalized spacial score (nSPS) is 28.0. The largest absolute Gasteiger partial charge is 0.344 e. The molecule has 2 fully saturated rings. The van der Waals surface area contributed by atoms with Crippen LogP contribution in [0.1, 0.15) is 66.9 Å². The van der Waals surface area contributed by atoms with E-state index in [1.807, 2.05) is 12.1 Å². The van der Waals surface area contributed by atoms with Gasteiger partial charge in [0.2, 0.25) is 0 Å². The van der Waals surface area contributed by atoms with Crippen LogP contribution in [0.25, 0.3) is 0 Å². The Morgan fingerprint density at radius 3 is 2.58 bits per heavy atom. The predicted molar refractivity (Wildman–Crippen MR) is 96.3 cm³/mol. The summed E-state index contributed by atoms with van der Waals surface area (Å²) in [7, 11) is 0. The number of rotatable bonds is 2. The number of carbonyl (C=O) groups is 3. The van der Waals surface area contributed by atoms with Crippen LogP contribution in [0.3, 0.4) is 0 Å². The summed E-state index contributed by atoms with van der Waals surface area (Å²) in [6.07, 6.45) is 7.39. The van der Waals surface area contributed by atoms with Gasteiger partial charge in [0.25, 0.3) is 11.8 Å². The molecule has 0 atom stereocenters. The van der Waals surface area contributed by atoms with Gasteiger partial charge in [0.05, 0.1) is 0 Å². The van der Waals surface area contributed by atoms with Gasteiger partial charge in [-0.15, -0.1) is 0 Å². The Labute approximate surface area is 153 Å². The van der Waals surface area contributed by atoms with E-state index in [-0.39, 0.29) is 5.91 Å². The van der Waals surface area contributed by atoms with E-state index < -0.39 is 17.5 Å². The minimum absolute atomic E-state index is 0.333. The van der Waals surface area contributed by atoms with Gasteiger partial charge >= 0.3 is 6.03 Å². The zero-order valence-electron chi connectivity index (χ0n) is 15.1. The Morgan fingerprint density at radius 1 is 1.15 bits per heavy atom. The number of aryl methyl sites for hydroxylation is 2. The second-order valence-corrected chi connectivity index (χ2v) is 7.97. The van der Waals surface area contributed by atoms with E-state index in [2.05, 4.69) is 17.7 Å². The van der Waals surface area contributed by atoms with Crippen molar-refractivity contribution >= 4 is 17.8 Å². The fraction of sp³-hybridized carbons (Fsp3) is 0.550. The zero-order valence-corrected chi connectivity index (χ0v) is 15.1. The Bertz CT molecular complexity index is 766. The quantitative estimate of drug-likeness (QED) is 0.801. The van der Waals surface area contributed by atoms with Crippen LogP contribution in [-0.2, 0) is 17.6 Å². The summed E-state index contributed by atoms with van der Waals surface area (Å²) in [4.78, 5) is 37.8. The Kier molecular flexibility index (Phi) is 4.21. The van der Waals surface area contributed by atoms with Crippen LogP contribution in [0.4, 0.5) is 4.79 Å². The number of hydrazine groups is 1. The van der Waals surface area contributed by atoms with Crippen molar-refractivity contribution in [2.45, 2.75) is 63.8 Å². The van der Waals surface area contributed by atoms with Gasteiger partial charge in [-0.05, 0) is 80.5 Å². The molecule has 4 rings (SSSR count). The van der Waals surface area contributed by atoms with Crippen molar-refractivity contribution in [1.29, 1.82) is 0 Å². The summed E-state index contributed by atoms with van der Waals surface area (Å²) in [6, 6.07) is 5.12. The summed E-state index contributed by atoms with van der Waals surface area (Å²) >= 11 is 0. The van der Waals surface area contributed by atoms with Crippen molar-refractivity contribution < 1.29 is 14.4 Å². The lowest BCUT2D eigenvalue weighted by atomic mass is 9.77. The molecule has 3 aliphatic rings. The van der Waals surface area contributed by atoms with E-state index in [9.17, 15) is 14.4 Å². The first kappa shape index (κ1) is 17.1. The maximum Gasteiger partial charge on any atom is 0.344 e. The van der Waals surface area contributed by atoms with Crippen molar-refractivity contribution in [2.75, 3.05) is 0 Å². The number of amides is 4. The molecule has 1 saturated heterocycles. The Morgan fingerprint density at radius 2 is 1.85 bits per heavy atom. The van der Waals surface area contributed by atoms with Crippen molar-refractivity contribution in [3.63, 3.8) is 0 Å². The van der Waals surface area contributed by atoms with Crippen LogP contribution in [0, 0.1) is 5.92 Å². The van der Waals surface area contributed by atoms with Crippen LogP contribution >= 0.6 is 0 Å². The number of hydrogen-bond donors (Lipinski definition) is 2. The third-order valence-corrected chi connectivity index (χ3v) is 6.11. The molecular formula is C20H25N3O3. The first-order chi connectivity index (χ1) is 12.5. The van der Waals surface area contributed by atoms with Crippen molar-refractivity contribution in [2.24, 2.45) is 5.92 Å². The first-order valence-corrected chi connectivity index (χ1v) is 9.58. The Balaban J connectivity index is 1.49. The number of nitrogens with zero attached hydrogens (tertiary/aromatic N) is 1. The molecule has 0 unspecified atom stereocenters. The van der Waals surface area contributed by atoms with Crippen LogP contribution in [0.2, 0.25) is 0 Å². The van der Waals surface area contributed by atoms with Gasteiger partial charge in [-0.25, -0.2) is 4.79 Å². The number of hydrogen-bond acceptors (Lipinski definition) is 3. The lowest BCUT2D eigenvalue weighted by molar-refractivity contribution is -0.134. The average molecular weight is 355 g/mol. The molecule has 1 aliphatic heterocycles. The van der Waals surface area contributed by atoms with Crippen molar-refractivity contribution in [3.05, 3.63) is 34.9 Å². The zero-order chi connectivity index (χ0) is 18.3. The van der Waals surface area contributed by atoms with E-state index in [0.717, 1.165) is 37.1 Å². The van der Waals surface area contributed by atoms with Gasteiger partial charge in [-0.2, -0.15) is 5.01 Å². The van der Waals surface area contributed by atoms with Crippen LogP contribution in [-0.4, -0.2) is 28.4 Å². The summed E-state index contributed by atoms with van der Waals surface area (Å²) in [5.74, 6) is -0.187. The smallest absolute Gasteiger partial charge is 0.322 e. The number of imide groups is 1. The molecule has 1 aromatic rings. The van der Waals surface area contributed by atoms with Crippen molar-refractivity contribution in [3.8, 4) is 0 Å².